The van der Waals surface area contributed by atoms with E-state index in [2.05, 4.69) is 15.6 Å². The van der Waals surface area contributed by atoms with Gasteiger partial charge >= 0.3 is 0 Å². The van der Waals surface area contributed by atoms with Crippen molar-refractivity contribution in [3.63, 3.8) is 0 Å². The predicted octanol–water partition coefficient (Wildman–Crippen LogP) is 3.76. The van der Waals surface area contributed by atoms with Crippen molar-refractivity contribution < 1.29 is 14.3 Å². The fourth-order valence-electron chi connectivity index (χ4n) is 3.71. The molecule has 4 heterocycles. The maximum Gasteiger partial charge on any atom is 0.281 e. The molecule has 3 N–H and O–H groups in total. The van der Waals surface area contributed by atoms with Gasteiger partial charge < -0.3 is 20.5 Å². The number of pyridine rings is 2. The number of fused-ring (bicyclic) bond motifs is 1. The Kier molecular flexibility index (Phi) is 5.43. The molecule has 1 saturated heterocycles. The Hall–Kier alpha value is -3.91. The van der Waals surface area contributed by atoms with E-state index in [1.54, 1.807) is 18.3 Å². The number of ether oxygens (including phenoxy) is 2. The minimum Gasteiger partial charge on any atom is -0.490 e. The lowest BCUT2D eigenvalue weighted by atomic mass is 10.0. The van der Waals surface area contributed by atoms with Crippen LogP contribution in [0.15, 0.2) is 54.9 Å². The van der Waals surface area contributed by atoms with Gasteiger partial charge in [0.2, 0.25) is 0 Å². The molecule has 161 valence electrons. The van der Waals surface area contributed by atoms with Gasteiger partial charge in [-0.1, -0.05) is 0 Å². The molecule has 0 saturated carbocycles. The van der Waals surface area contributed by atoms with Crippen molar-refractivity contribution >= 4 is 29.3 Å². The number of benzene rings is 1. The third kappa shape index (κ3) is 4.26. The molecule has 5 rings (SSSR count). The molecule has 8 heteroatoms. The zero-order valence-corrected chi connectivity index (χ0v) is 17.3. The molecule has 0 spiro atoms. The van der Waals surface area contributed by atoms with Gasteiger partial charge in [-0.05, 0) is 54.1 Å². The number of rotatable bonds is 5. The molecule has 0 atom stereocenters. The lowest BCUT2D eigenvalue weighted by molar-refractivity contribution is 0.0256. The molecular weight excluding hydrogens is 406 g/mol. The third-order valence-electron chi connectivity index (χ3n) is 5.38. The number of nitrogens with one attached hydrogen (secondary N) is 1. The molecule has 1 aromatic carbocycles. The minimum atomic E-state index is -0.334. The summed E-state index contributed by atoms with van der Waals surface area (Å²) < 4.78 is 11.4. The number of carbonyl (C=O) groups excluding carboxylic acids is 1. The SMILES string of the molecule is Nc1ccc(-c2cc3c(c(Nc4ccc(OC5CCOCC5)cc4)n2)C(=O)[N]C=C3)cn1. The largest absolute Gasteiger partial charge is 0.490 e. The Balaban J connectivity index is 1.43. The Morgan fingerprint density at radius 1 is 1.09 bits per heavy atom. The van der Waals surface area contributed by atoms with E-state index in [-0.39, 0.29) is 12.0 Å². The summed E-state index contributed by atoms with van der Waals surface area (Å²) in [6, 6.07) is 13.0. The van der Waals surface area contributed by atoms with Crippen LogP contribution in [0.2, 0.25) is 0 Å². The monoisotopic (exact) mass is 428 g/mol. The molecule has 8 nitrogen and oxygen atoms in total. The van der Waals surface area contributed by atoms with E-state index < -0.39 is 0 Å². The van der Waals surface area contributed by atoms with Crippen LogP contribution in [0.3, 0.4) is 0 Å². The summed E-state index contributed by atoms with van der Waals surface area (Å²) in [7, 11) is 0. The lowest BCUT2D eigenvalue weighted by Gasteiger charge is -2.23. The van der Waals surface area contributed by atoms with Crippen molar-refractivity contribution in [1.82, 2.24) is 15.3 Å². The second-order valence-electron chi connectivity index (χ2n) is 7.62. The Bertz CT molecular complexity index is 1150. The Morgan fingerprint density at radius 2 is 1.91 bits per heavy atom. The number of anilines is 3. The van der Waals surface area contributed by atoms with E-state index in [9.17, 15) is 4.79 Å². The summed E-state index contributed by atoms with van der Waals surface area (Å²) in [6.45, 7) is 1.46. The highest BCUT2D eigenvalue weighted by Gasteiger charge is 2.22. The van der Waals surface area contributed by atoms with Crippen molar-refractivity contribution in [3.8, 4) is 17.0 Å². The number of carbonyl (C=O) groups is 1. The normalized spacial score (nSPS) is 15.7. The summed E-state index contributed by atoms with van der Waals surface area (Å²) in [4.78, 5) is 21.3. The molecule has 1 fully saturated rings. The number of hydrogen-bond acceptors (Lipinski definition) is 7. The van der Waals surface area contributed by atoms with Crippen molar-refractivity contribution in [3.05, 3.63) is 66.0 Å². The van der Waals surface area contributed by atoms with Crippen LogP contribution in [0.4, 0.5) is 17.3 Å². The highest BCUT2D eigenvalue weighted by Crippen LogP contribution is 2.31. The van der Waals surface area contributed by atoms with Crippen LogP contribution in [0.1, 0.15) is 28.8 Å². The summed E-state index contributed by atoms with van der Waals surface area (Å²) in [5, 5.41) is 7.18. The molecule has 1 radical (unpaired) electrons. The summed E-state index contributed by atoms with van der Waals surface area (Å²) in [6.07, 6.45) is 6.91. The van der Waals surface area contributed by atoms with Crippen LogP contribution in [0.25, 0.3) is 17.3 Å². The highest BCUT2D eigenvalue weighted by atomic mass is 16.5. The zero-order valence-electron chi connectivity index (χ0n) is 17.3. The van der Waals surface area contributed by atoms with Crippen molar-refractivity contribution in [1.29, 1.82) is 0 Å². The number of aromatic nitrogens is 2. The van der Waals surface area contributed by atoms with Crippen LogP contribution >= 0.6 is 0 Å². The van der Waals surface area contributed by atoms with Gasteiger partial charge in [-0.15, -0.1) is 0 Å². The first kappa shape index (κ1) is 20.0. The van der Waals surface area contributed by atoms with Crippen molar-refractivity contribution in [2.75, 3.05) is 24.3 Å². The van der Waals surface area contributed by atoms with Crippen LogP contribution in [-0.4, -0.2) is 35.2 Å². The molecule has 0 aliphatic carbocycles. The van der Waals surface area contributed by atoms with Gasteiger partial charge in [-0.3, -0.25) is 4.79 Å². The van der Waals surface area contributed by atoms with Gasteiger partial charge in [-0.25, -0.2) is 15.3 Å². The van der Waals surface area contributed by atoms with Crippen LogP contribution < -0.4 is 21.1 Å². The molecule has 2 aromatic heterocycles. The first-order valence-corrected chi connectivity index (χ1v) is 10.5. The fourth-order valence-corrected chi connectivity index (χ4v) is 3.71. The number of nitrogens with two attached hydrogens (primary N) is 1. The van der Waals surface area contributed by atoms with E-state index >= 15 is 0 Å². The smallest absolute Gasteiger partial charge is 0.281 e. The van der Waals surface area contributed by atoms with Gasteiger partial charge in [0.05, 0.1) is 24.5 Å². The Labute approximate surface area is 185 Å². The van der Waals surface area contributed by atoms with Crippen LogP contribution in [0.5, 0.6) is 5.75 Å². The number of amides is 1. The highest BCUT2D eigenvalue weighted by molar-refractivity contribution is 6.05. The second kappa shape index (κ2) is 8.68. The fraction of sp³-hybridized carbons (Fsp3) is 0.208. The van der Waals surface area contributed by atoms with E-state index in [0.717, 1.165) is 48.6 Å². The molecule has 3 aromatic rings. The quantitative estimate of drug-likeness (QED) is 0.636. The van der Waals surface area contributed by atoms with Crippen molar-refractivity contribution in [2.24, 2.45) is 0 Å². The average Bonchev–Trinajstić information content (AvgIpc) is 2.81. The van der Waals surface area contributed by atoms with E-state index in [0.29, 0.717) is 22.9 Å². The summed E-state index contributed by atoms with van der Waals surface area (Å²) in [5.74, 6) is 1.33. The van der Waals surface area contributed by atoms with Crippen LogP contribution in [0, 0.1) is 0 Å². The second-order valence-corrected chi connectivity index (χ2v) is 7.62. The van der Waals surface area contributed by atoms with E-state index in [1.165, 1.54) is 6.20 Å². The molecular formula is C24H22N5O3. The number of hydrogen-bond donors (Lipinski definition) is 2. The van der Waals surface area contributed by atoms with Gasteiger partial charge in [-0.2, -0.15) is 0 Å². The first-order valence-electron chi connectivity index (χ1n) is 10.5. The molecule has 2 aliphatic heterocycles. The zero-order chi connectivity index (χ0) is 21.9. The standard InChI is InChI=1S/C24H22N5O3/c25-21-6-1-16(14-27-21)20-13-15-7-10-26-24(30)22(15)23(29-20)28-17-2-4-18(5-3-17)32-19-8-11-31-12-9-19/h1-7,10,13-14,19H,8-9,11-12H2,(H2,25,27)(H,28,29). The lowest BCUT2D eigenvalue weighted by Crippen LogP contribution is -2.25. The molecule has 1 amide bonds. The van der Waals surface area contributed by atoms with Gasteiger partial charge in [0.15, 0.2) is 0 Å². The minimum absolute atomic E-state index is 0.174. The maximum absolute atomic E-state index is 12.5. The third-order valence-corrected chi connectivity index (χ3v) is 5.38. The molecule has 32 heavy (non-hydrogen) atoms. The number of nitrogen functional groups attached to an aromatic ring is 1. The van der Waals surface area contributed by atoms with Gasteiger partial charge in [0.1, 0.15) is 23.5 Å². The van der Waals surface area contributed by atoms with E-state index in [4.69, 9.17) is 20.2 Å². The maximum atomic E-state index is 12.5. The van der Waals surface area contributed by atoms with Gasteiger partial charge in [0.25, 0.3) is 5.91 Å². The average molecular weight is 428 g/mol. The van der Waals surface area contributed by atoms with Crippen LogP contribution in [-0.2, 0) is 4.74 Å². The van der Waals surface area contributed by atoms with Crippen molar-refractivity contribution in [2.45, 2.75) is 18.9 Å². The van der Waals surface area contributed by atoms with E-state index in [1.807, 2.05) is 36.4 Å². The topological polar surface area (TPSA) is 113 Å². The summed E-state index contributed by atoms with van der Waals surface area (Å²) >= 11 is 0. The Morgan fingerprint density at radius 3 is 2.66 bits per heavy atom. The predicted molar refractivity (Wildman–Crippen MR) is 122 cm³/mol. The summed E-state index contributed by atoms with van der Waals surface area (Å²) in [5.41, 5.74) is 9.15. The number of nitrogens with zero attached hydrogens (tertiary/aromatic N) is 3. The molecule has 0 unspecified atom stereocenters. The molecule has 2 aliphatic rings. The first-order chi connectivity index (χ1) is 15.7. The van der Waals surface area contributed by atoms with Gasteiger partial charge in [0, 0.05) is 36.5 Å². The molecule has 0 bridgehead atoms.